The van der Waals surface area contributed by atoms with Gasteiger partial charge in [0.05, 0.1) is 10.6 Å². The van der Waals surface area contributed by atoms with Gasteiger partial charge < -0.3 is 16.6 Å². The molecule has 0 aromatic heterocycles. The number of rotatable bonds is 4. The average molecular weight is 243 g/mol. The smallest absolute Gasteiger partial charge is 0.320 e. The van der Waals surface area contributed by atoms with Gasteiger partial charge in [-0.3, -0.25) is 9.59 Å². The number of hydrogen-bond acceptors (Lipinski definition) is 3. The second-order valence-corrected chi connectivity index (χ2v) is 3.73. The van der Waals surface area contributed by atoms with Gasteiger partial charge in [-0.25, -0.2) is 0 Å². The standard InChI is InChI=1S/C10H11ClN2O3/c11-7-2-1-5(3-6(7)9(13)14)4-8(12)10(15)16/h1-3,8H,4,12H2,(H2,13,14)(H,15,16)/t8-/m0/s1. The molecular weight excluding hydrogens is 232 g/mol. The number of carboxylic acids is 1. The predicted octanol–water partition coefficient (Wildman–Crippen LogP) is 0.393. The zero-order valence-corrected chi connectivity index (χ0v) is 9.07. The second kappa shape index (κ2) is 4.96. The Hall–Kier alpha value is -1.59. The fourth-order valence-electron chi connectivity index (χ4n) is 1.23. The van der Waals surface area contributed by atoms with Crippen LogP contribution in [-0.4, -0.2) is 23.0 Å². The monoisotopic (exact) mass is 242 g/mol. The fraction of sp³-hybridized carbons (Fsp3) is 0.200. The maximum absolute atomic E-state index is 11.0. The van der Waals surface area contributed by atoms with Crippen molar-refractivity contribution in [2.75, 3.05) is 0 Å². The summed E-state index contributed by atoms with van der Waals surface area (Å²) in [5, 5.41) is 8.87. The van der Waals surface area contributed by atoms with Gasteiger partial charge in [0.15, 0.2) is 0 Å². The summed E-state index contributed by atoms with van der Waals surface area (Å²) in [5.74, 6) is -1.76. The van der Waals surface area contributed by atoms with Gasteiger partial charge in [0.1, 0.15) is 6.04 Å². The van der Waals surface area contributed by atoms with Crippen LogP contribution in [0.25, 0.3) is 0 Å². The Balaban J connectivity index is 2.95. The summed E-state index contributed by atoms with van der Waals surface area (Å²) in [7, 11) is 0. The SMILES string of the molecule is NC(=O)c1cc(C[C@H](N)C(=O)O)ccc1Cl. The number of carbonyl (C=O) groups excluding carboxylic acids is 1. The van der Waals surface area contributed by atoms with E-state index in [-0.39, 0.29) is 17.0 Å². The van der Waals surface area contributed by atoms with Crippen LogP contribution in [0.3, 0.4) is 0 Å². The molecule has 6 heteroatoms. The summed E-state index contributed by atoms with van der Waals surface area (Å²) >= 11 is 5.74. The quantitative estimate of drug-likeness (QED) is 0.710. The van der Waals surface area contributed by atoms with Crippen molar-refractivity contribution in [1.82, 2.24) is 0 Å². The normalized spacial score (nSPS) is 12.1. The summed E-state index contributed by atoms with van der Waals surface area (Å²) in [6.07, 6.45) is 0.118. The van der Waals surface area contributed by atoms with Gasteiger partial charge in [-0.05, 0) is 24.1 Å². The Bertz CT molecular complexity index is 434. The Morgan fingerprint density at radius 3 is 2.56 bits per heavy atom. The average Bonchev–Trinajstić information content (AvgIpc) is 2.20. The van der Waals surface area contributed by atoms with Gasteiger partial charge in [0.2, 0.25) is 5.91 Å². The summed E-state index contributed by atoms with van der Waals surface area (Å²) in [6.45, 7) is 0. The highest BCUT2D eigenvalue weighted by Gasteiger charge is 2.14. The van der Waals surface area contributed by atoms with Gasteiger partial charge in [0, 0.05) is 0 Å². The summed E-state index contributed by atoms with van der Waals surface area (Å²) in [4.78, 5) is 21.5. The van der Waals surface area contributed by atoms with E-state index >= 15 is 0 Å². The molecule has 1 amide bonds. The van der Waals surface area contributed by atoms with Crippen LogP contribution in [0.2, 0.25) is 5.02 Å². The maximum Gasteiger partial charge on any atom is 0.320 e. The van der Waals surface area contributed by atoms with E-state index in [1.165, 1.54) is 12.1 Å². The molecule has 0 heterocycles. The number of carbonyl (C=O) groups is 2. The van der Waals surface area contributed by atoms with Gasteiger partial charge >= 0.3 is 5.97 Å². The number of hydrogen-bond donors (Lipinski definition) is 3. The van der Waals surface area contributed by atoms with Crippen LogP contribution >= 0.6 is 11.6 Å². The van der Waals surface area contributed by atoms with Gasteiger partial charge in [-0.1, -0.05) is 17.7 Å². The molecule has 0 saturated heterocycles. The molecule has 86 valence electrons. The van der Waals surface area contributed by atoms with Crippen LogP contribution in [-0.2, 0) is 11.2 Å². The van der Waals surface area contributed by atoms with Crippen molar-refractivity contribution in [1.29, 1.82) is 0 Å². The number of nitrogens with two attached hydrogens (primary N) is 2. The first-order valence-electron chi connectivity index (χ1n) is 4.48. The molecule has 0 radical (unpaired) electrons. The predicted molar refractivity (Wildman–Crippen MR) is 59.3 cm³/mol. The molecule has 5 N–H and O–H groups in total. The fourth-order valence-corrected chi connectivity index (χ4v) is 1.44. The Kier molecular flexibility index (Phi) is 3.87. The van der Waals surface area contributed by atoms with Crippen LogP contribution in [0.15, 0.2) is 18.2 Å². The van der Waals surface area contributed by atoms with Gasteiger partial charge in [0.25, 0.3) is 0 Å². The minimum atomic E-state index is -1.10. The zero-order valence-electron chi connectivity index (χ0n) is 8.31. The Labute approximate surface area is 97.0 Å². The largest absolute Gasteiger partial charge is 0.480 e. The third-order valence-electron chi connectivity index (χ3n) is 2.07. The topological polar surface area (TPSA) is 106 Å². The summed E-state index contributed by atoms with van der Waals surface area (Å²) in [5.41, 5.74) is 11.2. The van der Waals surface area contributed by atoms with Crippen LogP contribution < -0.4 is 11.5 Å². The zero-order chi connectivity index (χ0) is 12.3. The number of benzene rings is 1. The lowest BCUT2D eigenvalue weighted by atomic mass is 10.0. The molecular formula is C10H11ClN2O3. The molecule has 1 aromatic carbocycles. The number of primary amides is 1. The third-order valence-corrected chi connectivity index (χ3v) is 2.40. The first-order valence-corrected chi connectivity index (χ1v) is 4.86. The molecule has 1 aromatic rings. The molecule has 0 fully saturated rings. The lowest BCUT2D eigenvalue weighted by molar-refractivity contribution is -0.138. The molecule has 1 rings (SSSR count). The number of amides is 1. The van der Waals surface area contributed by atoms with Crippen molar-refractivity contribution in [2.24, 2.45) is 11.5 Å². The van der Waals surface area contributed by atoms with E-state index in [2.05, 4.69) is 0 Å². The van der Waals surface area contributed by atoms with Crippen LogP contribution in [0.4, 0.5) is 0 Å². The van der Waals surface area contributed by atoms with Crippen LogP contribution in [0, 0.1) is 0 Å². The maximum atomic E-state index is 11.0. The Morgan fingerprint density at radius 1 is 1.44 bits per heavy atom. The molecule has 0 aliphatic heterocycles. The van der Waals surface area contributed by atoms with Crippen molar-refractivity contribution in [3.63, 3.8) is 0 Å². The van der Waals surface area contributed by atoms with Crippen molar-refractivity contribution < 1.29 is 14.7 Å². The van der Waals surface area contributed by atoms with E-state index in [1.54, 1.807) is 6.07 Å². The van der Waals surface area contributed by atoms with Crippen LogP contribution in [0.1, 0.15) is 15.9 Å². The van der Waals surface area contributed by atoms with E-state index in [9.17, 15) is 9.59 Å². The molecule has 0 saturated carbocycles. The number of aliphatic carboxylic acids is 1. The number of halogens is 1. The van der Waals surface area contributed by atoms with E-state index in [4.69, 9.17) is 28.2 Å². The Morgan fingerprint density at radius 2 is 2.06 bits per heavy atom. The van der Waals surface area contributed by atoms with Crippen LogP contribution in [0.5, 0.6) is 0 Å². The van der Waals surface area contributed by atoms with Crippen molar-refractivity contribution >= 4 is 23.5 Å². The minimum Gasteiger partial charge on any atom is -0.480 e. The molecule has 0 aliphatic rings. The van der Waals surface area contributed by atoms with Crippen molar-refractivity contribution in [3.8, 4) is 0 Å². The first-order chi connectivity index (χ1) is 7.41. The van der Waals surface area contributed by atoms with E-state index in [0.29, 0.717) is 5.56 Å². The first kappa shape index (κ1) is 12.5. The molecule has 16 heavy (non-hydrogen) atoms. The molecule has 5 nitrogen and oxygen atoms in total. The van der Waals surface area contributed by atoms with E-state index < -0.39 is 17.9 Å². The highest BCUT2D eigenvalue weighted by Crippen LogP contribution is 2.17. The third kappa shape index (κ3) is 2.95. The van der Waals surface area contributed by atoms with Crippen molar-refractivity contribution in [3.05, 3.63) is 34.3 Å². The van der Waals surface area contributed by atoms with Gasteiger partial charge in [-0.15, -0.1) is 0 Å². The lowest BCUT2D eigenvalue weighted by Gasteiger charge is -2.08. The summed E-state index contributed by atoms with van der Waals surface area (Å²) < 4.78 is 0. The molecule has 0 aliphatic carbocycles. The van der Waals surface area contributed by atoms with E-state index in [1.807, 2.05) is 0 Å². The van der Waals surface area contributed by atoms with E-state index in [0.717, 1.165) is 0 Å². The molecule has 0 spiro atoms. The number of carboxylic acid groups (broad SMARTS) is 1. The minimum absolute atomic E-state index is 0.118. The highest BCUT2D eigenvalue weighted by atomic mass is 35.5. The second-order valence-electron chi connectivity index (χ2n) is 3.33. The lowest BCUT2D eigenvalue weighted by Crippen LogP contribution is -2.32. The van der Waals surface area contributed by atoms with Crippen molar-refractivity contribution in [2.45, 2.75) is 12.5 Å². The molecule has 0 bridgehead atoms. The molecule has 0 unspecified atom stereocenters. The summed E-state index contributed by atoms with van der Waals surface area (Å²) in [6, 6.07) is 3.54. The highest BCUT2D eigenvalue weighted by molar-refractivity contribution is 6.33. The molecule has 1 atom stereocenters. The van der Waals surface area contributed by atoms with Gasteiger partial charge in [-0.2, -0.15) is 0 Å².